The van der Waals surface area contributed by atoms with Gasteiger partial charge in [-0.2, -0.15) is 0 Å². The van der Waals surface area contributed by atoms with E-state index in [4.69, 9.17) is 0 Å². The minimum absolute atomic E-state index is 0.0925. The summed E-state index contributed by atoms with van der Waals surface area (Å²) < 4.78 is 56.4. The SMILES string of the molecule is O=C(NC(c1ccccc1)C(O)c1ccccc1)C(Cc1cc(F)cc(F)c1)NS(=O)(=O)Cc1ccccc1. The van der Waals surface area contributed by atoms with E-state index in [-0.39, 0.29) is 12.0 Å². The molecule has 1 amide bonds. The van der Waals surface area contributed by atoms with E-state index in [2.05, 4.69) is 10.0 Å². The average Bonchev–Trinajstić information content (AvgIpc) is 2.91. The number of benzene rings is 4. The highest BCUT2D eigenvalue weighted by molar-refractivity contribution is 7.88. The number of nitrogens with one attached hydrogen (secondary N) is 2. The fourth-order valence-electron chi connectivity index (χ4n) is 4.31. The quantitative estimate of drug-likeness (QED) is 0.255. The Hall–Kier alpha value is -3.92. The number of hydrogen-bond donors (Lipinski definition) is 3. The highest BCUT2D eigenvalue weighted by atomic mass is 32.2. The average molecular weight is 551 g/mol. The monoisotopic (exact) mass is 550 g/mol. The molecule has 0 aliphatic heterocycles. The summed E-state index contributed by atoms with van der Waals surface area (Å²) in [4.78, 5) is 13.6. The maximum atomic E-state index is 13.9. The van der Waals surface area contributed by atoms with Crippen molar-refractivity contribution in [2.45, 2.75) is 30.4 Å². The molecule has 0 heterocycles. The Bertz CT molecular complexity index is 1470. The molecule has 3 atom stereocenters. The number of carbonyl (C=O) groups excluding carboxylic acids is 1. The van der Waals surface area contributed by atoms with Crippen LogP contribution < -0.4 is 10.0 Å². The second kappa shape index (κ2) is 12.8. The molecule has 0 spiro atoms. The molecule has 0 fully saturated rings. The number of aliphatic hydroxyl groups excluding tert-OH is 1. The number of aliphatic hydroxyl groups is 1. The lowest BCUT2D eigenvalue weighted by molar-refractivity contribution is -0.124. The predicted octanol–water partition coefficient (Wildman–Crippen LogP) is 4.59. The first-order valence-electron chi connectivity index (χ1n) is 12.3. The van der Waals surface area contributed by atoms with E-state index in [1.807, 2.05) is 0 Å². The van der Waals surface area contributed by atoms with Gasteiger partial charge >= 0.3 is 0 Å². The van der Waals surface area contributed by atoms with Crippen molar-refractivity contribution in [2.75, 3.05) is 0 Å². The third-order valence-corrected chi connectivity index (χ3v) is 7.47. The molecule has 0 aliphatic rings. The number of rotatable bonds is 11. The zero-order valence-electron chi connectivity index (χ0n) is 20.9. The molecular formula is C30H28F2N2O4S. The topological polar surface area (TPSA) is 95.5 Å². The molecule has 3 unspecified atom stereocenters. The Morgan fingerprint density at radius 1 is 0.744 bits per heavy atom. The molecule has 4 aromatic rings. The van der Waals surface area contributed by atoms with Gasteiger partial charge in [0, 0.05) is 6.07 Å². The summed E-state index contributed by atoms with van der Waals surface area (Å²) in [6, 6.07) is 26.3. The van der Waals surface area contributed by atoms with E-state index in [0.717, 1.165) is 12.1 Å². The molecule has 39 heavy (non-hydrogen) atoms. The number of amides is 1. The Labute approximate surface area is 226 Å². The Balaban J connectivity index is 1.64. The van der Waals surface area contributed by atoms with Gasteiger partial charge in [0.25, 0.3) is 0 Å². The molecule has 6 nitrogen and oxygen atoms in total. The summed E-state index contributed by atoms with van der Waals surface area (Å²) in [5, 5.41) is 14.0. The number of hydrogen-bond acceptors (Lipinski definition) is 4. The molecular weight excluding hydrogens is 522 g/mol. The van der Waals surface area contributed by atoms with Crippen molar-refractivity contribution in [1.29, 1.82) is 0 Å². The highest BCUT2D eigenvalue weighted by Crippen LogP contribution is 2.29. The van der Waals surface area contributed by atoms with E-state index in [1.54, 1.807) is 91.0 Å². The fraction of sp³-hybridized carbons (Fsp3) is 0.167. The molecule has 9 heteroatoms. The summed E-state index contributed by atoms with van der Waals surface area (Å²) in [5.41, 5.74) is 1.72. The third-order valence-electron chi connectivity index (χ3n) is 6.11. The van der Waals surface area contributed by atoms with E-state index in [1.165, 1.54) is 0 Å². The van der Waals surface area contributed by atoms with Crippen molar-refractivity contribution in [3.05, 3.63) is 143 Å². The number of sulfonamides is 1. The molecule has 0 aromatic heterocycles. The van der Waals surface area contributed by atoms with Crippen LogP contribution in [0.15, 0.2) is 109 Å². The first-order chi connectivity index (χ1) is 18.7. The van der Waals surface area contributed by atoms with Gasteiger partial charge in [-0.05, 0) is 40.8 Å². The first-order valence-corrected chi connectivity index (χ1v) is 13.9. The van der Waals surface area contributed by atoms with Crippen molar-refractivity contribution < 1.29 is 27.1 Å². The van der Waals surface area contributed by atoms with Crippen LogP contribution in [0.2, 0.25) is 0 Å². The van der Waals surface area contributed by atoms with E-state index in [0.29, 0.717) is 22.8 Å². The van der Waals surface area contributed by atoms with Gasteiger partial charge in [-0.15, -0.1) is 0 Å². The van der Waals surface area contributed by atoms with Crippen molar-refractivity contribution >= 4 is 15.9 Å². The van der Waals surface area contributed by atoms with Crippen LogP contribution >= 0.6 is 0 Å². The maximum absolute atomic E-state index is 13.9. The Morgan fingerprint density at radius 2 is 1.26 bits per heavy atom. The van der Waals surface area contributed by atoms with Gasteiger partial charge in [0.1, 0.15) is 23.8 Å². The number of carbonyl (C=O) groups is 1. The van der Waals surface area contributed by atoms with Gasteiger partial charge in [0.05, 0.1) is 11.8 Å². The summed E-state index contributed by atoms with van der Waals surface area (Å²) >= 11 is 0. The van der Waals surface area contributed by atoms with Crippen LogP contribution in [0.1, 0.15) is 34.4 Å². The minimum atomic E-state index is -4.05. The third kappa shape index (κ3) is 8.03. The second-order valence-corrected chi connectivity index (χ2v) is 10.9. The second-order valence-electron chi connectivity index (χ2n) is 9.15. The Morgan fingerprint density at radius 3 is 1.82 bits per heavy atom. The molecule has 0 radical (unpaired) electrons. The Kier molecular flexibility index (Phi) is 9.19. The summed E-state index contributed by atoms with van der Waals surface area (Å²) in [6.45, 7) is 0. The zero-order chi connectivity index (χ0) is 27.8. The summed E-state index contributed by atoms with van der Waals surface area (Å²) in [6.07, 6.45) is -1.48. The van der Waals surface area contributed by atoms with Gasteiger partial charge in [-0.1, -0.05) is 91.0 Å². The molecule has 0 bridgehead atoms. The molecule has 3 N–H and O–H groups in total. The standard InChI is InChI=1S/C30H28F2N2O4S/c31-25-16-22(17-26(32)19-25)18-27(34-39(37,38)20-21-10-4-1-5-11-21)30(36)33-28(23-12-6-2-7-13-23)29(35)24-14-8-3-9-15-24/h1-17,19,27-29,34-35H,18,20H2,(H,33,36). The molecule has 0 aliphatic carbocycles. The van der Waals surface area contributed by atoms with E-state index >= 15 is 0 Å². The van der Waals surface area contributed by atoms with E-state index < -0.39 is 51.5 Å². The molecule has 4 aromatic carbocycles. The minimum Gasteiger partial charge on any atom is -0.386 e. The van der Waals surface area contributed by atoms with Crippen molar-refractivity contribution in [3.63, 3.8) is 0 Å². The lowest BCUT2D eigenvalue weighted by Gasteiger charge is -2.28. The normalized spacial score (nSPS) is 13.8. The van der Waals surface area contributed by atoms with Gasteiger partial charge < -0.3 is 10.4 Å². The van der Waals surface area contributed by atoms with Crippen LogP contribution in [0, 0.1) is 11.6 Å². The summed E-state index contributed by atoms with van der Waals surface area (Å²) in [7, 11) is -4.05. The largest absolute Gasteiger partial charge is 0.386 e. The van der Waals surface area contributed by atoms with Crippen LogP contribution in [0.4, 0.5) is 8.78 Å². The predicted molar refractivity (Wildman–Crippen MR) is 145 cm³/mol. The van der Waals surface area contributed by atoms with Gasteiger partial charge in [0.2, 0.25) is 15.9 Å². The van der Waals surface area contributed by atoms with Crippen molar-refractivity contribution in [3.8, 4) is 0 Å². The zero-order valence-corrected chi connectivity index (χ0v) is 21.7. The van der Waals surface area contributed by atoms with Crippen LogP contribution in [-0.4, -0.2) is 25.5 Å². The maximum Gasteiger partial charge on any atom is 0.239 e. The van der Waals surface area contributed by atoms with Crippen LogP contribution in [-0.2, 0) is 27.0 Å². The highest BCUT2D eigenvalue weighted by Gasteiger charge is 2.31. The van der Waals surface area contributed by atoms with Crippen LogP contribution in [0.3, 0.4) is 0 Å². The smallest absolute Gasteiger partial charge is 0.239 e. The molecule has 4 rings (SSSR count). The lowest BCUT2D eigenvalue weighted by Crippen LogP contribution is -2.49. The van der Waals surface area contributed by atoms with E-state index in [9.17, 15) is 27.1 Å². The van der Waals surface area contributed by atoms with Crippen LogP contribution in [0.5, 0.6) is 0 Å². The van der Waals surface area contributed by atoms with Crippen molar-refractivity contribution in [2.24, 2.45) is 0 Å². The van der Waals surface area contributed by atoms with Gasteiger partial charge in [0.15, 0.2) is 0 Å². The number of halogens is 2. The van der Waals surface area contributed by atoms with Crippen LogP contribution in [0.25, 0.3) is 0 Å². The lowest BCUT2D eigenvalue weighted by atomic mass is 9.95. The van der Waals surface area contributed by atoms with Gasteiger partial charge in [-0.3, -0.25) is 4.79 Å². The first kappa shape index (κ1) is 28.1. The molecule has 202 valence electrons. The molecule has 0 saturated carbocycles. The van der Waals surface area contributed by atoms with Crippen molar-refractivity contribution in [1.82, 2.24) is 10.0 Å². The molecule has 0 saturated heterocycles. The fourth-order valence-corrected chi connectivity index (χ4v) is 5.64. The summed E-state index contributed by atoms with van der Waals surface area (Å²) in [5.74, 6) is -2.86. The van der Waals surface area contributed by atoms with Gasteiger partial charge in [-0.25, -0.2) is 21.9 Å².